The van der Waals surface area contributed by atoms with Crippen LogP contribution in [0.1, 0.15) is 33.8 Å². The number of nitrogens with zero attached hydrogens (tertiary/aromatic N) is 1. The predicted molar refractivity (Wildman–Crippen MR) is 113 cm³/mol. The molecule has 1 fully saturated rings. The minimum Gasteiger partial charge on any atom is -0.438 e. The van der Waals surface area contributed by atoms with Crippen molar-refractivity contribution in [1.29, 1.82) is 0 Å². The number of fused-ring (bicyclic) bond motifs is 3. The molecule has 0 radical (unpaired) electrons. The molecule has 15 heteroatoms. The monoisotopic (exact) mass is 527 g/mol. The molecule has 2 aromatic carbocycles. The van der Waals surface area contributed by atoms with E-state index in [1.54, 1.807) is 12.1 Å². The SMILES string of the molecule is O=C(OCOC(c1cccc2c1C(S(=O)(=O)O)c1ccccc1-2)S(=O)(=O)O)C1CC(=O)N(O)C1=O. The first-order chi connectivity index (χ1) is 16.3. The second kappa shape index (κ2) is 8.78. The van der Waals surface area contributed by atoms with Gasteiger partial charge in [-0.1, -0.05) is 42.5 Å². The van der Waals surface area contributed by atoms with Gasteiger partial charge in [-0.15, -0.1) is 0 Å². The third kappa shape index (κ3) is 4.44. The highest BCUT2D eigenvalue weighted by Gasteiger charge is 2.45. The van der Waals surface area contributed by atoms with Crippen LogP contribution in [0.2, 0.25) is 0 Å². The normalized spacial score (nSPS) is 20.5. The van der Waals surface area contributed by atoms with Crippen molar-refractivity contribution in [2.75, 3.05) is 6.79 Å². The Hall–Kier alpha value is -3.21. The number of ether oxygens (including phenoxy) is 2. The number of rotatable bonds is 7. The van der Waals surface area contributed by atoms with Crippen LogP contribution in [0.25, 0.3) is 11.1 Å². The van der Waals surface area contributed by atoms with Crippen LogP contribution in [0.15, 0.2) is 42.5 Å². The molecular formula is C20H17NO12S2. The van der Waals surface area contributed by atoms with E-state index in [1.165, 1.54) is 24.3 Å². The number of carbonyl (C=O) groups is 3. The van der Waals surface area contributed by atoms with Gasteiger partial charge in [-0.2, -0.15) is 21.9 Å². The molecule has 3 atom stereocenters. The summed E-state index contributed by atoms with van der Waals surface area (Å²) < 4.78 is 78.4. The molecule has 4 rings (SSSR count). The Bertz CT molecular complexity index is 1450. The number of hydroxylamine groups is 2. The van der Waals surface area contributed by atoms with Gasteiger partial charge in [-0.05, 0) is 22.3 Å². The van der Waals surface area contributed by atoms with Crippen molar-refractivity contribution in [3.63, 3.8) is 0 Å². The molecule has 2 aromatic rings. The number of amides is 2. The zero-order chi connectivity index (χ0) is 25.7. The zero-order valence-electron chi connectivity index (χ0n) is 17.5. The number of benzene rings is 2. The third-order valence-corrected chi connectivity index (χ3v) is 7.60. The molecule has 3 unspecified atom stereocenters. The van der Waals surface area contributed by atoms with Crippen LogP contribution >= 0.6 is 0 Å². The number of esters is 1. The van der Waals surface area contributed by atoms with Gasteiger partial charge in [0.05, 0.1) is 6.42 Å². The highest BCUT2D eigenvalue weighted by atomic mass is 32.2. The Balaban J connectivity index is 1.66. The van der Waals surface area contributed by atoms with Crippen molar-refractivity contribution in [2.45, 2.75) is 17.1 Å². The third-order valence-electron chi connectivity index (χ3n) is 5.58. The molecule has 1 aliphatic heterocycles. The van der Waals surface area contributed by atoms with Gasteiger partial charge in [0, 0.05) is 5.56 Å². The van der Waals surface area contributed by atoms with E-state index in [-0.39, 0.29) is 27.3 Å². The van der Waals surface area contributed by atoms with E-state index < -0.39 is 67.8 Å². The van der Waals surface area contributed by atoms with Crippen molar-refractivity contribution in [2.24, 2.45) is 5.92 Å². The molecule has 0 saturated carbocycles. The second-order valence-electron chi connectivity index (χ2n) is 7.69. The van der Waals surface area contributed by atoms with Crippen LogP contribution in [0.3, 0.4) is 0 Å². The molecule has 0 spiro atoms. The first-order valence-electron chi connectivity index (χ1n) is 9.81. The second-order valence-corrected chi connectivity index (χ2v) is 10.6. The molecule has 2 aliphatic rings. The molecule has 35 heavy (non-hydrogen) atoms. The Kier molecular flexibility index (Phi) is 6.25. The summed E-state index contributed by atoms with van der Waals surface area (Å²) in [7, 11) is -9.91. The fourth-order valence-electron chi connectivity index (χ4n) is 4.15. The van der Waals surface area contributed by atoms with Crippen LogP contribution in [0, 0.1) is 5.92 Å². The molecule has 3 N–H and O–H groups in total. The Morgan fingerprint density at radius 1 is 1.03 bits per heavy atom. The van der Waals surface area contributed by atoms with Crippen molar-refractivity contribution in [3.8, 4) is 11.1 Å². The first kappa shape index (κ1) is 24.9. The van der Waals surface area contributed by atoms with Gasteiger partial charge in [0.2, 0.25) is 5.44 Å². The topological polar surface area (TPSA) is 202 Å². The van der Waals surface area contributed by atoms with Crippen LogP contribution in [-0.2, 0) is 44.1 Å². The number of carbonyl (C=O) groups excluding carboxylic acids is 3. The van der Waals surface area contributed by atoms with Crippen molar-refractivity contribution >= 4 is 38.0 Å². The highest BCUT2D eigenvalue weighted by Crippen LogP contribution is 2.50. The van der Waals surface area contributed by atoms with Crippen LogP contribution < -0.4 is 0 Å². The van der Waals surface area contributed by atoms with Gasteiger partial charge >= 0.3 is 5.97 Å². The van der Waals surface area contributed by atoms with E-state index in [0.29, 0.717) is 5.56 Å². The summed E-state index contributed by atoms with van der Waals surface area (Å²) in [5.74, 6) is -5.24. The van der Waals surface area contributed by atoms with Crippen molar-refractivity contribution in [3.05, 3.63) is 59.2 Å². The lowest BCUT2D eigenvalue weighted by molar-refractivity contribution is -0.176. The van der Waals surface area contributed by atoms with Gasteiger partial charge in [0.1, 0.15) is 11.2 Å². The lowest BCUT2D eigenvalue weighted by Gasteiger charge is -2.21. The number of hydrogen-bond donors (Lipinski definition) is 3. The Labute approximate surface area is 198 Å². The maximum absolute atomic E-state index is 12.3. The first-order valence-corrected chi connectivity index (χ1v) is 12.8. The summed E-state index contributed by atoms with van der Waals surface area (Å²) in [5, 5.41) is 7.30. The quantitative estimate of drug-likeness (QED) is 0.114. The van der Waals surface area contributed by atoms with Gasteiger partial charge < -0.3 is 9.47 Å². The minimum atomic E-state index is -5.10. The molecule has 2 amide bonds. The smallest absolute Gasteiger partial charge is 0.321 e. The minimum absolute atomic E-state index is 0.155. The van der Waals surface area contributed by atoms with Crippen molar-refractivity contribution < 1.29 is 55.0 Å². The van der Waals surface area contributed by atoms with E-state index in [9.17, 15) is 45.5 Å². The lowest BCUT2D eigenvalue weighted by Crippen LogP contribution is -2.30. The highest BCUT2D eigenvalue weighted by molar-refractivity contribution is 7.86. The summed E-state index contributed by atoms with van der Waals surface area (Å²) in [5.41, 5.74) is -1.89. The van der Waals surface area contributed by atoms with Gasteiger partial charge in [-0.25, -0.2) is 0 Å². The van der Waals surface area contributed by atoms with E-state index in [0.717, 1.165) is 6.07 Å². The van der Waals surface area contributed by atoms with Crippen molar-refractivity contribution in [1.82, 2.24) is 5.06 Å². The van der Waals surface area contributed by atoms with E-state index in [4.69, 9.17) is 9.47 Å². The number of imide groups is 1. The fourth-order valence-corrected chi connectivity index (χ4v) is 5.99. The molecule has 1 aliphatic carbocycles. The average Bonchev–Trinajstić information content (AvgIpc) is 3.25. The average molecular weight is 527 g/mol. The standard InChI is InChI=1S/C20H17NO12S2/c22-15-8-14(18(23)21(15)25)19(24)32-9-33-20(35(29,30)31)13-7-3-6-11-10-4-1-2-5-12(10)17(16(11)13)34(26,27)28/h1-7,14,17,20,25H,8-9H2,(H,26,27,28)(H,29,30,31). The summed E-state index contributed by atoms with van der Waals surface area (Å²) in [6.07, 6.45) is -0.670. The maximum Gasteiger partial charge on any atom is 0.321 e. The molecule has 13 nitrogen and oxygen atoms in total. The Morgan fingerprint density at radius 2 is 1.69 bits per heavy atom. The summed E-state index contributed by atoms with van der Waals surface area (Å²) in [4.78, 5) is 35.1. The molecule has 186 valence electrons. The molecular weight excluding hydrogens is 510 g/mol. The van der Waals surface area contributed by atoms with E-state index in [1.807, 2.05) is 0 Å². The number of hydrogen-bond acceptors (Lipinski definition) is 10. The summed E-state index contributed by atoms with van der Waals surface area (Å²) in [6, 6.07) is 10.2. The molecule has 0 aromatic heterocycles. The van der Waals surface area contributed by atoms with Crippen LogP contribution in [-0.4, -0.2) is 60.8 Å². The fraction of sp³-hybridized carbons (Fsp3) is 0.250. The summed E-state index contributed by atoms with van der Waals surface area (Å²) in [6.45, 7) is -1.13. The molecule has 1 heterocycles. The lowest BCUT2D eigenvalue weighted by atomic mass is 10.0. The van der Waals surface area contributed by atoms with Crippen LogP contribution in [0.4, 0.5) is 0 Å². The van der Waals surface area contributed by atoms with Crippen LogP contribution in [0.5, 0.6) is 0 Å². The van der Waals surface area contributed by atoms with E-state index >= 15 is 0 Å². The van der Waals surface area contributed by atoms with Gasteiger partial charge in [0.25, 0.3) is 32.1 Å². The summed E-state index contributed by atoms with van der Waals surface area (Å²) >= 11 is 0. The molecule has 0 bridgehead atoms. The predicted octanol–water partition coefficient (Wildman–Crippen LogP) is 0.812. The zero-order valence-corrected chi connectivity index (χ0v) is 19.1. The van der Waals surface area contributed by atoms with Gasteiger partial charge in [-0.3, -0.25) is 28.7 Å². The Morgan fingerprint density at radius 3 is 2.29 bits per heavy atom. The largest absolute Gasteiger partial charge is 0.438 e. The van der Waals surface area contributed by atoms with E-state index in [2.05, 4.69) is 0 Å². The van der Waals surface area contributed by atoms with Gasteiger partial charge in [0.15, 0.2) is 6.79 Å². The maximum atomic E-state index is 12.3. The molecule has 1 saturated heterocycles.